The Bertz CT molecular complexity index is 784. The number of hydrogen-bond donors (Lipinski definition) is 1. The maximum atomic E-state index is 8.80. The molecule has 0 aliphatic heterocycles. The van der Waals surface area contributed by atoms with E-state index < -0.39 is 0 Å². The van der Waals surface area contributed by atoms with Crippen LogP contribution in [0.5, 0.6) is 0 Å². The van der Waals surface area contributed by atoms with Crippen molar-refractivity contribution in [2.24, 2.45) is 5.10 Å². The second-order valence-electron chi connectivity index (χ2n) is 6.17. The minimum Gasteiger partial charge on any atom is -0.276 e. The molecule has 0 radical (unpaired) electrons. The van der Waals surface area contributed by atoms with Gasteiger partial charge in [-0.25, -0.2) is 0 Å². The Morgan fingerprint density at radius 2 is 1.65 bits per heavy atom. The molecular formula is C19H18N4. The fourth-order valence-corrected chi connectivity index (χ4v) is 2.16. The van der Waals surface area contributed by atoms with E-state index in [9.17, 15) is 0 Å². The molecule has 23 heavy (non-hydrogen) atoms. The number of rotatable bonds is 3. The monoisotopic (exact) mass is 302 g/mol. The van der Waals surface area contributed by atoms with Crippen molar-refractivity contribution in [3.8, 4) is 23.3 Å². The Kier molecular flexibility index (Phi) is 4.79. The summed E-state index contributed by atoms with van der Waals surface area (Å²) in [7, 11) is 0. The molecule has 2 aromatic rings. The summed E-state index contributed by atoms with van der Waals surface area (Å²) in [6, 6.07) is 19.5. The summed E-state index contributed by atoms with van der Waals surface area (Å²) in [4.78, 5) is 0. The van der Waals surface area contributed by atoms with E-state index in [2.05, 4.69) is 37.4 Å². The smallest absolute Gasteiger partial charge is 0.237 e. The van der Waals surface area contributed by atoms with Crippen LogP contribution < -0.4 is 5.43 Å². The fraction of sp³-hybridized carbons (Fsp3) is 0.211. The zero-order chi connectivity index (χ0) is 16.9. The summed E-state index contributed by atoms with van der Waals surface area (Å²) in [6.07, 6.45) is 0. The van der Waals surface area contributed by atoms with Crippen molar-refractivity contribution in [3.05, 3.63) is 54.1 Å². The van der Waals surface area contributed by atoms with Crippen LogP contribution in [0.15, 0.2) is 53.6 Å². The van der Waals surface area contributed by atoms with Gasteiger partial charge < -0.3 is 0 Å². The van der Waals surface area contributed by atoms with Crippen molar-refractivity contribution in [1.82, 2.24) is 0 Å². The zero-order valence-electron chi connectivity index (χ0n) is 13.5. The molecule has 0 aliphatic carbocycles. The number of nitrogens with zero attached hydrogens (tertiary/aromatic N) is 3. The topological polar surface area (TPSA) is 72.0 Å². The van der Waals surface area contributed by atoms with Crippen molar-refractivity contribution in [1.29, 1.82) is 10.5 Å². The summed E-state index contributed by atoms with van der Waals surface area (Å²) < 4.78 is 0. The molecule has 0 heterocycles. The molecule has 2 rings (SSSR count). The van der Waals surface area contributed by atoms with Gasteiger partial charge in [0.2, 0.25) is 5.71 Å². The van der Waals surface area contributed by atoms with Gasteiger partial charge in [0.15, 0.2) is 0 Å². The molecule has 114 valence electrons. The lowest BCUT2D eigenvalue weighted by Gasteiger charge is -2.21. The maximum Gasteiger partial charge on any atom is 0.237 e. The first-order chi connectivity index (χ1) is 11.0. The van der Waals surface area contributed by atoms with E-state index >= 15 is 0 Å². The van der Waals surface area contributed by atoms with E-state index in [1.165, 1.54) is 5.56 Å². The van der Waals surface area contributed by atoms with Crippen LogP contribution in [-0.4, -0.2) is 5.71 Å². The number of nitriles is 2. The van der Waals surface area contributed by atoms with Crippen LogP contribution in [0.25, 0.3) is 11.1 Å². The van der Waals surface area contributed by atoms with E-state index in [4.69, 9.17) is 10.5 Å². The van der Waals surface area contributed by atoms with Crippen molar-refractivity contribution < 1.29 is 0 Å². The Morgan fingerprint density at radius 3 is 2.22 bits per heavy atom. The minimum atomic E-state index is -0.205. The van der Waals surface area contributed by atoms with E-state index in [-0.39, 0.29) is 11.1 Å². The van der Waals surface area contributed by atoms with Crippen LogP contribution in [-0.2, 0) is 5.41 Å². The van der Waals surface area contributed by atoms with E-state index in [1.54, 1.807) is 12.1 Å². The van der Waals surface area contributed by atoms with Crippen molar-refractivity contribution in [3.63, 3.8) is 0 Å². The van der Waals surface area contributed by atoms with Gasteiger partial charge in [-0.2, -0.15) is 15.6 Å². The Hall–Kier alpha value is -3.11. The minimum absolute atomic E-state index is 0.0236. The highest BCUT2D eigenvalue weighted by Gasteiger charge is 2.16. The molecule has 0 aromatic heterocycles. The summed E-state index contributed by atoms with van der Waals surface area (Å²) in [5.74, 6) is 0. The highest BCUT2D eigenvalue weighted by atomic mass is 15.3. The van der Waals surface area contributed by atoms with Crippen LogP contribution in [0, 0.1) is 22.7 Å². The standard InChI is InChI=1S/C19H18N4/c1-19(2,3)15-9-10-18(23-22-16(12-20)13-21)17(11-15)14-7-5-4-6-8-14/h4-11,23H,1-3H3. The second-order valence-corrected chi connectivity index (χ2v) is 6.17. The molecule has 0 spiro atoms. The number of hydrazone groups is 1. The third kappa shape index (κ3) is 3.96. The quantitative estimate of drug-likeness (QED) is 0.671. The Labute approximate surface area is 136 Å². The number of hydrogen-bond acceptors (Lipinski definition) is 4. The third-order valence-electron chi connectivity index (χ3n) is 3.47. The summed E-state index contributed by atoms with van der Waals surface area (Å²) in [5.41, 5.74) is 6.64. The van der Waals surface area contributed by atoms with E-state index in [0.717, 1.165) is 16.8 Å². The van der Waals surface area contributed by atoms with Gasteiger partial charge in [0.1, 0.15) is 12.1 Å². The lowest BCUT2D eigenvalue weighted by molar-refractivity contribution is 0.590. The molecule has 0 saturated carbocycles. The van der Waals surface area contributed by atoms with Crippen molar-refractivity contribution in [2.45, 2.75) is 26.2 Å². The highest BCUT2D eigenvalue weighted by Crippen LogP contribution is 2.33. The first-order valence-corrected chi connectivity index (χ1v) is 7.29. The second kappa shape index (κ2) is 6.77. The third-order valence-corrected chi connectivity index (χ3v) is 3.47. The van der Waals surface area contributed by atoms with Gasteiger partial charge in [0.05, 0.1) is 5.69 Å². The van der Waals surface area contributed by atoms with Crippen LogP contribution in [0.2, 0.25) is 0 Å². The van der Waals surface area contributed by atoms with Gasteiger partial charge >= 0.3 is 0 Å². The van der Waals surface area contributed by atoms with Gasteiger partial charge in [-0.3, -0.25) is 5.43 Å². The van der Waals surface area contributed by atoms with E-state index in [1.807, 2.05) is 42.5 Å². The van der Waals surface area contributed by atoms with Gasteiger partial charge in [-0.15, -0.1) is 0 Å². The molecule has 0 fully saturated rings. The molecule has 0 bridgehead atoms. The first kappa shape index (κ1) is 16.3. The highest BCUT2D eigenvalue weighted by molar-refractivity contribution is 6.10. The Balaban J connectivity index is 2.53. The number of benzene rings is 2. The van der Waals surface area contributed by atoms with Gasteiger partial charge in [-0.05, 0) is 28.7 Å². The normalized spacial score (nSPS) is 10.3. The molecule has 0 unspecified atom stereocenters. The van der Waals surface area contributed by atoms with Crippen molar-refractivity contribution in [2.75, 3.05) is 5.43 Å². The summed E-state index contributed by atoms with van der Waals surface area (Å²) in [6.45, 7) is 6.48. The number of nitrogens with one attached hydrogen (secondary N) is 1. The number of anilines is 1. The summed E-state index contributed by atoms with van der Waals surface area (Å²) >= 11 is 0. The van der Waals surface area contributed by atoms with Gasteiger partial charge in [-0.1, -0.05) is 57.2 Å². The molecule has 4 nitrogen and oxygen atoms in total. The SMILES string of the molecule is CC(C)(C)c1ccc(NN=C(C#N)C#N)c(-c2ccccc2)c1. The lowest BCUT2D eigenvalue weighted by atomic mass is 9.85. The molecule has 1 N–H and O–H groups in total. The Morgan fingerprint density at radius 1 is 1.00 bits per heavy atom. The van der Waals surface area contributed by atoms with Crippen LogP contribution in [0.4, 0.5) is 5.69 Å². The van der Waals surface area contributed by atoms with Crippen LogP contribution in [0.3, 0.4) is 0 Å². The molecule has 0 amide bonds. The molecule has 0 atom stereocenters. The van der Waals surface area contributed by atoms with Gasteiger partial charge in [0, 0.05) is 5.56 Å². The lowest BCUT2D eigenvalue weighted by Crippen LogP contribution is -2.11. The predicted octanol–water partition coefficient (Wildman–Crippen LogP) is 4.47. The largest absolute Gasteiger partial charge is 0.276 e. The predicted molar refractivity (Wildman–Crippen MR) is 92.9 cm³/mol. The average molecular weight is 302 g/mol. The maximum absolute atomic E-state index is 8.80. The van der Waals surface area contributed by atoms with Crippen molar-refractivity contribution >= 4 is 11.4 Å². The molecule has 4 heteroatoms. The van der Waals surface area contributed by atoms with Gasteiger partial charge in [0.25, 0.3) is 0 Å². The molecule has 2 aromatic carbocycles. The summed E-state index contributed by atoms with van der Waals surface area (Å²) in [5, 5.41) is 21.4. The fourth-order valence-electron chi connectivity index (χ4n) is 2.16. The first-order valence-electron chi connectivity index (χ1n) is 7.29. The van der Waals surface area contributed by atoms with Crippen LogP contribution >= 0.6 is 0 Å². The molecule has 0 aliphatic rings. The van der Waals surface area contributed by atoms with E-state index in [0.29, 0.717) is 0 Å². The zero-order valence-corrected chi connectivity index (χ0v) is 13.5. The molecular weight excluding hydrogens is 284 g/mol. The molecule has 0 saturated heterocycles. The van der Waals surface area contributed by atoms with Crippen LogP contribution in [0.1, 0.15) is 26.3 Å². The average Bonchev–Trinajstić information content (AvgIpc) is 2.55.